The second-order valence-corrected chi connectivity index (χ2v) is 7.03. The molecule has 0 saturated carbocycles. The normalized spacial score (nSPS) is 10.3. The van der Waals surface area contributed by atoms with E-state index in [-0.39, 0.29) is 12.3 Å². The molecule has 6 heteroatoms. The molecule has 2 amide bonds. The number of amides is 2. The molecule has 6 nitrogen and oxygen atoms in total. The maximum absolute atomic E-state index is 12.8. The van der Waals surface area contributed by atoms with E-state index in [1.807, 2.05) is 60.7 Å². The van der Waals surface area contributed by atoms with E-state index >= 15 is 0 Å². The minimum Gasteiger partial charge on any atom is -0.489 e. The standard InChI is InChI=1S/C25H26N2O4/c26-24(28)12-7-15-27-25(29)22-16-21(30-17-19-8-3-1-4-9-19)13-14-23(22)31-18-20-10-5-2-6-11-20/h1-6,8-11,13-14,16H,7,12,15,17-18H2,(H2,26,28)(H,27,29). The predicted molar refractivity (Wildman–Crippen MR) is 119 cm³/mol. The minimum absolute atomic E-state index is 0.220. The number of primary amides is 1. The van der Waals surface area contributed by atoms with Crippen LogP contribution in [-0.4, -0.2) is 18.4 Å². The number of rotatable bonds is 11. The molecule has 0 radical (unpaired) electrons. The minimum atomic E-state index is -0.391. The Morgan fingerprint density at radius 3 is 2.03 bits per heavy atom. The summed E-state index contributed by atoms with van der Waals surface area (Å²) in [6.45, 7) is 1.08. The fourth-order valence-electron chi connectivity index (χ4n) is 2.94. The lowest BCUT2D eigenvalue weighted by molar-refractivity contribution is -0.118. The number of hydrogen-bond acceptors (Lipinski definition) is 4. The van der Waals surface area contributed by atoms with E-state index in [0.29, 0.717) is 43.2 Å². The first-order valence-electron chi connectivity index (χ1n) is 10.2. The Kier molecular flexibility index (Phi) is 8.05. The molecule has 0 aromatic heterocycles. The Hall–Kier alpha value is -3.80. The van der Waals surface area contributed by atoms with Crippen molar-refractivity contribution in [2.24, 2.45) is 5.73 Å². The first-order chi connectivity index (χ1) is 15.1. The van der Waals surface area contributed by atoms with Crippen molar-refractivity contribution in [3.8, 4) is 11.5 Å². The van der Waals surface area contributed by atoms with Crippen LogP contribution in [0.1, 0.15) is 34.3 Å². The van der Waals surface area contributed by atoms with Crippen LogP contribution in [0.4, 0.5) is 0 Å². The molecule has 3 N–H and O–H groups in total. The molecular weight excluding hydrogens is 392 g/mol. The molecule has 0 unspecified atom stereocenters. The Balaban J connectivity index is 1.71. The van der Waals surface area contributed by atoms with Crippen molar-refractivity contribution in [2.45, 2.75) is 26.1 Å². The zero-order valence-electron chi connectivity index (χ0n) is 17.3. The lowest BCUT2D eigenvalue weighted by atomic mass is 10.1. The number of nitrogens with one attached hydrogen (secondary N) is 1. The molecule has 0 aliphatic heterocycles. The lowest BCUT2D eigenvalue weighted by Crippen LogP contribution is -2.26. The van der Waals surface area contributed by atoms with Gasteiger partial charge in [0.25, 0.3) is 5.91 Å². The van der Waals surface area contributed by atoms with Crippen LogP contribution >= 0.6 is 0 Å². The van der Waals surface area contributed by atoms with Crippen molar-refractivity contribution < 1.29 is 19.1 Å². The Labute approximate surface area is 182 Å². The molecule has 0 saturated heterocycles. The highest BCUT2D eigenvalue weighted by atomic mass is 16.5. The van der Waals surface area contributed by atoms with Crippen molar-refractivity contribution in [3.05, 3.63) is 95.6 Å². The molecule has 3 aromatic carbocycles. The molecule has 3 aromatic rings. The van der Waals surface area contributed by atoms with E-state index in [0.717, 1.165) is 11.1 Å². The van der Waals surface area contributed by atoms with Gasteiger partial charge < -0.3 is 20.5 Å². The van der Waals surface area contributed by atoms with Crippen LogP contribution in [0, 0.1) is 0 Å². The fourth-order valence-corrected chi connectivity index (χ4v) is 2.94. The van der Waals surface area contributed by atoms with E-state index in [1.54, 1.807) is 18.2 Å². The second kappa shape index (κ2) is 11.4. The maximum atomic E-state index is 12.8. The van der Waals surface area contributed by atoms with Gasteiger partial charge in [-0.3, -0.25) is 9.59 Å². The zero-order valence-corrected chi connectivity index (χ0v) is 17.3. The quantitative estimate of drug-likeness (QED) is 0.463. The summed E-state index contributed by atoms with van der Waals surface area (Å²) in [4.78, 5) is 23.7. The lowest BCUT2D eigenvalue weighted by Gasteiger charge is -2.14. The zero-order chi connectivity index (χ0) is 21.9. The van der Waals surface area contributed by atoms with Gasteiger partial charge in [-0.05, 0) is 35.7 Å². The summed E-state index contributed by atoms with van der Waals surface area (Å²) in [5.74, 6) is 0.344. The van der Waals surface area contributed by atoms with Crippen LogP contribution in [0.25, 0.3) is 0 Å². The number of nitrogens with two attached hydrogens (primary N) is 1. The van der Waals surface area contributed by atoms with Crippen LogP contribution in [0.3, 0.4) is 0 Å². The van der Waals surface area contributed by atoms with E-state index in [4.69, 9.17) is 15.2 Å². The maximum Gasteiger partial charge on any atom is 0.255 e. The average Bonchev–Trinajstić information content (AvgIpc) is 2.80. The molecule has 0 atom stereocenters. The van der Waals surface area contributed by atoms with Gasteiger partial charge in [-0.1, -0.05) is 60.7 Å². The van der Waals surface area contributed by atoms with Gasteiger partial charge in [0.15, 0.2) is 0 Å². The summed E-state index contributed by atoms with van der Waals surface area (Å²) in [7, 11) is 0. The average molecular weight is 418 g/mol. The summed E-state index contributed by atoms with van der Waals surface area (Å²) in [6.07, 6.45) is 0.698. The Bertz CT molecular complexity index is 991. The van der Waals surface area contributed by atoms with Crippen LogP contribution in [0.2, 0.25) is 0 Å². The monoisotopic (exact) mass is 418 g/mol. The highest BCUT2D eigenvalue weighted by Crippen LogP contribution is 2.26. The smallest absolute Gasteiger partial charge is 0.255 e. The van der Waals surface area contributed by atoms with Crippen LogP contribution in [-0.2, 0) is 18.0 Å². The SMILES string of the molecule is NC(=O)CCCNC(=O)c1cc(OCc2ccccc2)ccc1OCc1ccccc1. The van der Waals surface area contributed by atoms with Gasteiger partial charge in [-0.15, -0.1) is 0 Å². The van der Waals surface area contributed by atoms with E-state index in [1.165, 1.54) is 0 Å². The van der Waals surface area contributed by atoms with Gasteiger partial charge in [0.2, 0.25) is 5.91 Å². The van der Waals surface area contributed by atoms with Crippen molar-refractivity contribution in [1.82, 2.24) is 5.32 Å². The molecule has 0 aliphatic rings. The molecule has 0 fully saturated rings. The summed E-state index contributed by atoms with van der Waals surface area (Å²) < 4.78 is 11.8. The van der Waals surface area contributed by atoms with Crippen molar-refractivity contribution >= 4 is 11.8 Å². The molecule has 0 aliphatic carbocycles. The fraction of sp³-hybridized carbons (Fsp3) is 0.200. The molecule has 160 valence electrons. The van der Waals surface area contributed by atoms with Gasteiger partial charge >= 0.3 is 0 Å². The summed E-state index contributed by atoms with van der Waals surface area (Å²) in [6, 6.07) is 24.7. The van der Waals surface area contributed by atoms with Gasteiger partial charge in [0, 0.05) is 13.0 Å². The van der Waals surface area contributed by atoms with Gasteiger partial charge in [-0.2, -0.15) is 0 Å². The summed E-state index contributed by atoms with van der Waals surface area (Å²) in [5.41, 5.74) is 7.56. The summed E-state index contributed by atoms with van der Waals surface area (Å²) in [5, 5.41) is 2.81. The highest BCUT2D eigenvalue weighted by Gasteiger charge is 2.15. The van der Waals surface area contributed by atoms with Crippen molar-refractivity contribution in [3.63, 3.8) is 0 Å². The number of hydrogen-bond donors (Lipinski definition) is 2. The molecule has 31 heavy (non-hydrogen) atoms. The number of benzene rings is 3. The van der Waals surface area contributed by atoms with Crippen molar-refractivity contribution in [2.75, 3.05) is 6.54 Å². The molecule has 0 bridgehead atoms. The third-order valence-electron chi connectivity index (χ3n) is 4.57. The molecule has 0 spiro atoms. The third-order valence-corrected chi connectivity index (χ3v) is 4.57. The highest BCUT2D eigenvalue weighted by molar-refractivity contribution is 5.97. The summed E-state index contributed by atoms with van der Waals surface area (Å²) >= 11 is 0. The van der Waals surface area contributed by atoms with Crippen LogP contribution in [0.15, 0.2) is 78.9 Å². The molecule has 3 rings (SSSR count). The molecular formula is C25H26N2O4. The van der Waals surface area contributed by atoms with Gasteiger partial charge in [0.1, 0.15) is 24.7 Å². The predicted octanol–water partition coefficient (Wildman–Crippen LogP) is 3.84. The Morgan fingerprint density at radius 1 is 0.806 bits per heavy atom. The second-order valence-electron chi connectivity index (χ2n) is 7.03. The van der Waals surface area contributed by atoms with Crippen molar-refractivity contribution in [1.29, 1.82) is 0 Å². The largest absolute Gasteiger partial charge is 0.489 e. The molecule has 0 heterocycles. The van der Waals surface area contributed by atoms with Crippen LogP contribution < -0.4 is 20.5 Å². The third kappa shape index (κ3) is 7.19. The topological polar surface area (TPSA) is 90.7 Å². The van der Waals surface area contributed by atoms with E-state index in [2.05, 4.69) is 5.32 Å². The Morgan fingerprint density at radius 2 is 1.42 bits per heavy atom. The number of ether oxygens (including phenoxy) is 2. The van der Waals surface area contributed by atoms with Gasteiger partial charge in [-0.25, -0.2) is 0 Å². The first-order valence-corrected chi connectivity index (χ1v) is 10.2. The van der Waals surface area contributed by atoms with E-state index < -0.39 is 5.91 Å². The van der Waals surface area contributed by atoms with Crippen LogP contribution in [0.5, 0.6) is 11.5 Å². The van der Waals surface area contributed by atoms with E-state index in [9.17, 15) is 9.59 Å². The first kappa shape index (κ1) is 21.9. The number of carbonyl (C=O) groups excluding carboxylic acids is 2. The van der Waals surface area contributed by atoms with Gasteiger partial charge in [0.05, 0.1) is 5.56 Å². The number of carbonyl (C=O) groups is 2.